The van der Waals surface area contributed by atoms with Gasteiger partial charge in [-0.2, -0.15) is 0 Å². The van der Waals surface area contributed by atoms with Gasteiger partial charge in [-0.05, 0) is 49.9 Å². The van der Waals surface area contributed by atoms with Crippen molar-refractivity contribution in [1.82, 2.24) is 0 Å². The van der Waals surface area contributed by atoms with Crippen LogP contribution in [0, 0.1) is 6.92 Å². The highest BCUT2D eigenvalue weighted by Crippen LogP contribution is 2.35. The largest absolute Gasteiger partial charge is 0.493 e. The first kappa shape index (κ1) is 15.7. The molecule has 2 aromatic rings. The third kappa shape index (κ3) is 3.96. The molecule has 0 fully saturated rings. The van der Waals surface area contributed by atoms with Gasteiger partial charge in [0.1, 0.15) is 5.75 Å². The van der Waals surface area contributed by atoms with Crippen molar-refractivity contribution in [1.29, 1.82) is 0 Å². The Bertz CT molecular complexity index is 640. The predicted octanol–water partition coefficient (Wildman–Crippen LogP) is 3.63. The van der Waals surface area contributed by atoms with Crippen molar-refractivity contribution < 1.29 is 14.2 Å². The van der Waals surface area contributed by atoms with E-state index in [1.807, 2.05) is 18.2 Å². The fourth-order valence-electron chi connectivity index (χ4n) is 2.75. The van der Waals surface area contributed by atoms with Crippen LogP contribution in [0.2, 0.25) is 0 Å². The molecule has 122 valence electrons. The van der Waals surface area contributed by atoms with Crippen molar-refractivity contribution in [3.8, 4) is 17.2 Å². The van der Waals surface area contributed by atoms with Gasteiger partial charge >= 0.3 is 0 Å². The first-order valence-electron chi connectivity index (χ1n) is 8.05. The van der Waals surface area contributed by atoms with Crippen molar-refractivity contribution >= 4 is 0 Å². The van der Waals surface area contributed by atoms with E-state index in [0.29, 0.717) is 19.1 Å². The smallest absolute Gasteiger partial charge is 0.231 e. The normalized spacial score (nSPS) is 13.8. The molecule has 0 bridgehead atoms. The van der Waals surface area contributed by atoms with E-state index in [-0.39, 0.29) is 6.79 Å². The summed E-state index contributed by atoms with van der Waals surface area (Å²) in [5.41, 5.74) is 8.51. The van der Waals surface area contributed by atoms with Gasteiger partial charge in [0, 0.05) is 6.07 Å². The van der Waals surface area contributed by atoms with Crippen molar-refractivity contribution in [3.05, 3.63) is 53.6 Å². The zero-order valence-corrected chi connectivity index (χ0v) is 13.5. The average Bonchev–Trinajstić information content (AvgIpc) is 3.04. The van der Waals surface area contributed by atoms with Crippen molar-refractivity contribution in [2.75, 3.05) is 19.9 Å². The van der Waals surface area contributed by atoms with E-state index in [4.69, 9.17) is 19.9 Å². The molecule has 3 rings (SSSR count). The SMILES string of the molecule is Cc1ccc(C(CN)CCCOc2ccc3c(c2)OCO3)cc1. The minimum absolute atomic E-state index is 0.285. The summed E-state index contributed by atoms with van der Waals surface area (Å²) in [7, 11) is 0. The van der Waals surface area contributed by atoms with E-state index in [1.165, 1.54) is 11.1 Å². The second kappa shape index (κ2) is 7.38. The number of nitrogens with two attached hydrogens (primary N) is 1. The summed E-state index contributed by atoms with van der Waals surface area (Å²) in [6.07, 6.45) is 1.98. The number of ether oxygens (including phenoxy) is 3. The van der Waals surface area contributed by atoms with E-state index >= 15 is 0 Å². The van der Waals surface area contributed by atoms with Crippen LogP contribution in [0.15, 0.2) is 42.5 Å². The second-order valence-electron chi connectivity index (χ2n) is 5.85. The molecule has 2 aromatic carbocycles. The van der Waals surface area contributed by atoms with Gasteiger partial charge in [0.15, 0.2) is 11.5 Å². The van der Waals surface area contributed by atoms with Gasteiger partial charge in [0.2, 0.25) is 6.79 Å². The molecule has 1 atom stereocenters. The van der Waals surface area contributed by atoms with Gasteiger partial charge in [-0.15, -0.1) is 0 Å². The first-order valence-corrected chi connectivity index (χ1v) is 8.05. The summed E-state index contributed by atoms with van der Waals surface area (Å²) in [4.78, 5) is 0. The molecular weight excluding hydrogens is 290 g/mol. The molecule has 1 heterocycles. The monoisotopic (exact) mass is 313 g/mol. The van der Waals surface area contributed by atoms with Crippen LogP contribution < -0.4 is 19.9 Å². The molecule has 0 aliphatic carbocycles. The molecule has 0 saturated heterocycles. The average molecular weight is 313 g/mol. The molecule has 4 nitrogen and oxygen atoms in total. The number of rotatable bonds is 7. The van der Waals surface area contributed by atoms with Crippen LogP contribution in [0.5, 0.6) is 17.2 Å². The van der Waals surface area contributed by atoms with Gasteiger partial charge < -0.3 is 19.9 Å². The van der Waals surface area contributed by atoms with E-state index < -0.39 is 0 Å². The van der Waals surface area contributed by atoms with Crippen molar-refractivity contribution in [2.45, 2.75) is 25.7 Å². The first-order chi connectivity index (χ1) is 11.3. The third-order valence-corrected chi connectivity index (χ3v) is 4.14. The summed E-state index contributed by atoms with van der Waals surface area (Å²) in [6.45, 7) is 3.71. The Labute approximate surface area is 137 Å². The number of fused-ring (bicyclic) bond motifs is 1. The van der Waals surface area contributed by atoms with Gasteiger partial charge in [0.25, 0.3) is 0 Å². The highest BCUT2D eigenvalue weighted by Gasteiger charge is 2.14. The summed E-state index contributed by atoms with van der Waals surface area (Å²) in [5, 5.41) is 0. The van der Waals surface area contributed by atoms with Gasteiger partial charge in [-0.25, -0.2) is 0 Å². The zero-order valence-electron chi connectivity index (χ0n) is 13.5. The van der Waals surface area contributed by atoms with Gasteiger partial charge in [0.05, 0.1) is 6.61 Å². The lowest BCUT2D eigenvalue weighted by Gasteiger charge is -2.15. The maximum Gasteiger partial charge on any atom is 0.231 e. The van der Waals surface area contributed by atoms with Crippen LogP contribution in [0.4, 0.5) is 0 Å². The molecule has 1 aliphatic rings. The van der Waals surface area contributed by atoms with Gasteiger partial charge in [-0.1, -0.05) is 29.8 Å². The Hall–Kier alpha value is -2.20. The highest BCUT2D eigenvalue weighted by atomic mass is 16.7. The molecule has 2 N–H and O–H groups in total. The number of hydrogen-bond donors (Lipinski definition) is 1. The number of aryl methyl sites for hydroxylation is 1. The lowest BCUT2D eigenvalue weighted by molar-refractivity contribution is 0.173. The van der Waals surface area contributed by atoms with Crippen molar-refractivity contribution in [2.24, 2.45) is 5.73 Å². The van der Waals surface area contributed by atoms with Crippen LogP contribution in [0.3, 0.4) is 0 Å². The fraction of sp³-hybridized carbons (Fsp3) is 0.368. The Balaban J connectivity index is 1.47. The van der Waals surface area contributed by atoms with E-state index in [0.717, 1.165) is 30.1 Å². The standard InChI is InChI=1S/C19H23NO3/c1-14-4-6-15(7-5-14)16(12-20)3-2-10-21-17-8-9-18-19(11-17)23-13-22-18/h4-9,11,16H,2-3,10,12-13,20H2,1H3. The molecule has 1 unspecified atom stereocenters. The van der Waals surface area contributed by atoms with E-state index in [9.17, 15) is 0 Å². The van der Waals surface area contributed by atoms with Crippen LogP contribution in [0.25, 0.3) is 0 Å². The van der Waals surface area contributed by atoms with E-state index in [1.54, 1.807) is 0 Å². The molecular formula is C19H23NO3. The predicted molar refractivity (Wildman–Crippen MR) is 90.3 cm³/mol. The van der Waals surface area contributed by atoms with Crippen LogP contribution in [0.1, 0.15) is 29.9 Å². The third-order valence-electron chi connectivity index (χ3n) is 4.14. The Morgan fingerprint density at radius 3 is 2.65 bits per heavy atom. The van der Waals surface area contributed by atoms with Crippen LogP contribution in [-0.4, -0.2) is 19.9 Å². The summed E-state index contributed by atoms with van der Waals surface area (Å²) < 4.78 is 16.4. The molecule has 0 amide bonds. The molecule has 4 heteroatoms. The molecule has 0 saturated carbocycles. The molecule has 0 aromatic heterocycles. The van der Waals surface area contributed by atoms with E-state index in [2.05, 4.69) is 31.2 Å². The van der Waals surface area contributed by atoms with Gasteiger partial charge in [-0.3, -0.25) is 0 Å². The number of benzene rings is 2. The quantitative estimate of drug-likeness (QED) is 0.793. The molecule has 0 spiro atoms. The summed E-state index contributed by atoms with van der Waals surface area (Å²) in [6, 6.07) is 14.3. The summed E-state index contributed by atoms with van der Waals surface area (Å²) in [5.74, 6) is 2.73. The highest BCUT2D eigenvalue weighted by molar-refractivity contribution is 5.46. The lowest BCUT2D eigenvalue weighted by Crippen LogP contribution is -2.13. The number of hydrogen-bond acceptors (Lipinski definition) is 4. The van der Waals surface area contributed by atoms with Crippen LogP contribution >= 0.6 is 0 Å². The minimum atomic E-state index is 0.285. The fourth-order valence-corrected chi connectivity index (χ4v) is 2.75. The zero-order chi connectivity index (χ0) is 16.1. The van der Waals surface area contributed by atoms with Crippen molar-refractivity contribution in [3.63, 3.8) is 0 Å². The maximum atomic E-state index is 5.93. The maximum absolute atomic E-state index is 5.93. The Kier molecular flexibility index (Phi) is 5.03. The Morgan fingerprint density at radius 2 is 1.87 bits per heavy atom. The van der Waals surface area contributed by atoms with Crippen LogP contribution in [-0.2, 0) is 0 Å². The Morgan fingerprint density at radius 1 is 1.09 bits per heavy atom. The topological polar surface area (TPSA) is 53.7 Å². The summed E-state index contributed by atoms with van der Waals surface area (Å²) >= 11 is 0. The molecule has 23 heavy (non-hydrogen) atoms. The second-order valence-corrected chi connectivity index (χ2v) is 5.85. The lowest BCUT2D eigenvalue weighted by atomic mass is 9.94. The molecule has 1 aliphatic heterocycles. The minimum Gasteiger partial charge on any atom is -0.493 e. The molecule has 0 radical (unpaired) electrons.